The molecule has 0 atom stereocenters. The molecule has 33 heavy (non-hydrogen) atoms. The van der Waals surface area contributed by atoms with Gasteiger partial charge in [0.15, 0.2) is 28.8 Å². The van der Waals surface area contributed by atoms with Crippen LogP contribution in [0.4, 0.5) is 0 Å². The van der Waals surface area contributed by atoms with Crippen molar-refractivity contribution in [1.29, 1.82) is 0 Å². The summed E-state index contributed by atoms with van der Waals surface area (Å²) in [6.45, 7) is 0.739. The number of aliphatic hydroxyl groups is 1. The first-order valence-corrected chi connectivity index (χ1v) is 10.4. The predicted molar refractivity (Wildman–Crippen MR) is 129 cm³/mol. The van der Waals surface area contributed by atoms with Crippen molar-refractivity contribution in [3.05, 3.63) is 41.7 Å². The maximum atomic E-state index is 12.7. The number of aromatic nitrogens is 1. The number of benzene rings is 1. The molecule has 0 aliphatic carbocycles. The van der Waals surface area contributed by atoms with Crippen molar-refractivity contribution in [3.8, 4) is 28.7 Å². The molecule has 8 nitrogen and oxygen atoms in total. The SMILES string of the molecule is COc1cnc(/C=C/C(=O)c2cc(OC)c(OC)c(OC)c2)cc1OCCCCCCO.Cl. The van der Waals surface area contributed by atoms with Gasteiger partial charge in [0, 0.05) is 18.2 Å². The van der Waals surface area contributed by atoms with Crippen LogP contribution in [-0.2, 0) is 0 Å². The van der Waals surface area contributed by atoms with E-state index in [-0.39, 0.29) is 24.8 Å². The van der Waals surface area contributed by atoms with E-state index in [1.54, 1.807) is 37.6 Å². The van der Waals surface area contributed by atoms with Gasteiger partial charge in [-0.15, -0.1) is 12.4 Å². The molecule has 182 valence electrons. The number of allylic oxidation sites excluding steroid dienone is 1. The molecule has 1 aromatic carbocycles. The summed E-state index contributed by atoms with van der Waals surface area (Å²) in [7, 11) is 6.05. The van der Waals surface area contributed by atoms with Crippen LogP contribution < -0.4 is 23.7 Å². The van der Waals surface area contributed by atoms with Crippen LogP contribution in [0.15, 0.2) is 30.5 Å². The number of nitrogens with zero attached hydrogens (tertiary/aromatic N) is 1. The fourth-order valence-corrected chi connectivity index (χ4v) is 3.03. The van der Waals surface area contributed by atoms with Gasteiger partial charge in [-0.3, -0.25) is 9.78 Å². The van der Waals surface area contributed by atoms with Crippen molar-refractivity contribution in [2.45, 2.75) is 25.7 Å². The molecular weight excluding hydrogens is 450 g/mol. The fourth-order valence-electron chi connectivity index (χ4n) is 3.03. The van der Waals surface area contributed by atoms with Crippen LogP contribution in [0.5, 0.6) is 28.7 Å². The molecule has 0 aliphatic rings. The smallest absolute Gasteiger partial charge is 0.203 e. The van der Waals surface area contributed by atoms with E-state index < -0.39 is 0 Å². The first-order valence-electron chi connectivity index (χ1n) is 10.4. The van der Waals surface area contributed by atoms with E-state index in [4.69, 9.17) is 28.8 Å². The minimum Gasteiger partial charge on any atom is -0.493 e. The van der Waals surface area contributed by atoms with Gasteiger partial charge in [0.05, 0.1) is 46.9 Å². The number of ether oxygens (including phenoxy) is 5. The molecule has 2 aromatic rings. The molecule has 0 unspecified atom stereocenters. The average molecular weight is 482 g/mol. The Morgan fingerprint density at radius 2 is 1.52 bits per heavy atom. The minimum absolute atomic E-state index is 0. The van der Waals surface area contributed by atoms with E-state index in [1.165, 1.54) is 27.4 Å². The first-order chi connectivity index (χ1) is 15.6. The molecule has 0 fully saturated rings. The van der Waals surface area contributed by atoms with Crippen molar-refractivity contribution in [3.63, 3.8) is 0 Å². The Morgan fingerprint density at radius 3 is 2.09 bits per heavy atom. The molecular formula is C24H32ClNO7. The third kappa shape index (κ3) is 8.14. The Labute approximate surface area is 200 Å². The zero-order chi connectivity index (χ0) is 23.3. The second kappa shape index (κ2) is 15.0. The molecule has 0 radical (unpaired) electrons. The van der Waals surface area contributed by atoms with Crippen LogP contribution in [0.2, 0.25) is 0 Å². The lowest BCUT2D eigenvalue weighted by atomic mass is 10.1. The summed E-state index contributed by atoms with van der Waals surface area (Å²) in [4.78, 5) is 17.0. The number of carbonyl (C=O) groups excluding carboxylic acids is 1. The molecule has 9 heteroatoms. The molecule has 2 rings (SSSR count). The van der Waals surface area contributed by atoms with Crippen molar-refractivity contribution >= 4 is 24.3 Å². The largest absolute Gasteiger partial charge is 0.493 e. The highest BCUT2D eigenvalue weighted by atomic mass is 35.5. The topological polar surface area (TPSA) is 96.3 Å². The number of ketones is 1. The monoisotopic (exact) mass is 481 g/mol. The standard InChI is InChI=1S/C24H31NO7.ClH/c1-28-21-13-17(14-22(29-2)24(21)31-4)19(27)10-9-18-15-20(23(30-3)16-25-18)32-12-8-6-5-7-11-26;/h9-10,13-16,26H,5-8,11-12H2,1-4H3;1H/b10-9+;. The summed E-state index contributed by atoms with van der Waals surface area (Å²) >= 11 is 0. The fraction of sp³-hybridized carbons (Fsp3) is 0.417. The van der Waals surface area contributed by atoms with E-state index in [0.29, 0.717) is 46.6 Å². The zero-order valence-corrected chi connectivity index (χ0v) is 20.3. The summed E-state index contributed by atoms with van der Waals surface area (Å²) in [5.74, 6) is 2.07. The van der Waals surface area contributed by atoms with E-state index in [1.807, 2.05) is 0 Å². The molecule has 1 heterocycles. The maximum absolute atomic E-state index is 12.7. The Bertz CT molecular complexity index is 893. The van der Waals surface area contributed by atoms with Gasteiger partial charge < -0.3 is 28.8 Å². The lowest BCUT2D eigenvalue weighted by Gasteiger charge is -2.13. The molecule has 0 aliphatic heterocycles. The van der Waals surface area contributed by atoms with Crippen molar-refractivity contribution in [1.82, 2.24) is 4.98 Å². The van der Waals surface area contributed by atoms with Gasteiger partial charge >= 0.3 is 0 Å². The summed E-state index contributed by atoms with van der Waals surface area (Å²) in [6.07, 6.45) is 8.20. The van der Waals surface area contributed by atoms with Gasteiger partial charge in [-0.2, -0.15) is 0 Å². The zero-order valence-electron chi connectivity index (χ0n) is 19.5. The number of methoxy groups -OCH3 is 4. The number of hydrogen-bond acceptors (Lipinski definition) is 8. The third-order valence-corrected chi connectivity index (χ3v) is 4.74. The van der Waals surface area contributed by atoms with Crippen LogP contribution in [0, 0.1) is 0 Å². The average Bonchev–Trinajstić information content (AvgIpc) is 2.83. The van der Waals surface area contributed by atoms with Crippen LogP contribution in [0.25, 0.3) is 6.08 Å². The van der Waals surface area contributed by atoms with Gasteiger partial charge in [-0.05, 0) is 43.5 Å². The van der Waals surface area contributed by atoms with E-state index in [9.17, 15) is 4.79 Å². The highest BCUT2D eigenvalue weighted by Gasteiger charge is 2.16. The molecule has 0 spiro atoms. The molecule has 0 saturated carbocycles. The normalized spacial score (nSPS) is 10.5. The Hall–Kier alpha value is -2.97. The van der Waals surface area contributed by atoms with Crippen LogP contribution >= 0.6 is 12.4 Å². The van der Waals surface area contributed by atoms with E-state index >= 15 is 0 Å². The number of pyridine rings is 1. The minimum atomic E-state index is -0.242. The summed E-state index contributed by atoms with van der Waals surface area (Å²) in [5, 5.41) is 8.83. The number of unbranched alkanes of at least 4 members (excludes halogenated alkanes) is 3. The molecule has 1 N–H and O–H groups in total. The number of carbonyl (C=O) groups is 1. The highest BCUT2D eigenvalue weighted by Crippen LogP contribution is 2.38. The molecule has 0 bridgehead atoms. The van der Waals surface area contributed by atoms with Gasteiger partial charge in [-0.25, -0.2) is 0 Å². The number of rotatable bonds is 14. The van der Waals surface area contributed by atoms with Crippen molar-refractivity contribution in [2.24, 2.45) is 0 Å². The molecule has 1 aromatic heterocycles. The molecule has 0 saturated heterocycles. The highest BCUT2D eigenvalue weighted by molar-refractivity contribution is 6.07. The molecule has 0 amide bonds. The van der Waals surface area contributed by atoms with E-state index in [0.717, 1.165) is 25.7 Å². The number of hydrogen-bond donors (Lipinski definition) is 1. The van der Waals surface area contributed by atoms with Gasteiger partial charge in [0.2, 0.25) is 5.75 Å². The Balaban J connectivity index is 0.00000544. The summed E-state index contributed by atoms with van der Waals surface area (Å²) in [5.41, 5.74) is 0.950. The van der Waals surface area contributed by atoms with Gasteiger partial charge in [-0.1, -0.05) is 6.42 Å². The number of halogens is 1. The Morgan fingerprint density at radius 1 is 0.879 bits per heavy atom. The van der Waals surface area contributed by atoms with E-state index in [2.05, 4.69) is 4.98 Å². The maximum Gasteiger partial charge on any atom is 0.203 e. The predicted octanol–water partition coefficient (Wildman–Crippen LogP) is 4.37. The van der Waals surface area contributed by atoms with Crippen molar-refractivity contribution < 1.29 is 33.6 Å². The van der Waals surface area contributed by atoms with Crippen molar-refractivity contribution in [2.75, 3.05) is 41.7 Å². The lowest BCUT2D eigenvalue weighted by Crippen LogP contribution is -2.01. The summed E-state index contributed by atoms with van der Waals surface area (Å²) in [6, 6.07) is 4.92. The van der Waals surface area contributed by atoms with Crippen LogP contribution in [0.3, 0.4) is 0 Å². The van der Waals surface area contributed by atoms with Crippen LogP contribution in [-0.4, -0.2) is 57.5 Å². The van der Waals surface area contributed by atoms with Gasteiger partial charge in [0.1, 0.15) is 0 Å². The first kappa shape index (κ1) is 28.1. The van der Waals surface area contributed by atoms with Crippen LogP contribution in [0.1, 0.15) is 41.7 Å². The second-order valence-electron chi connectivity index (χ2n) is 6.86. The number of aliphatic hydroxyl groups excluding tert-OH is 1. The van der Waals surface area contributed by atoms with Gasteiger partial charge in [0.25, 0.3) is 0 Å². The quantitative estimate of drug-likeness (QED) is 0.241. The summed E-state index contributed by atoms with van der Waals surface area (Å²) < 4.78 is 27.0. The Kier molecular flexibility index (Phi) is 12.7. The lowest BCUT2D eigenvalue weighted by molar-refractivity contribution is 0.104. The third-order valence-electron chi connectivity index (χ3n) is 4.74. The second-order valence-corrected chi connectivity index (χ2v) is 6.86.